The molecule has 5 heteroatoms. The van der Waals surface area contributed by atoms with Crippen LogP contribution in [0.2, 0.25) is 0 Å². The first-order valence-corrected chi connectivity index (χ1v) is 6.05. The molecule has 0 aliphatic carbocycles. The zero-order valence-corrected chi connectivity index (χ0v) is 10.9. The largest absolute Gasteiger partial charge is 0.368 e. The van der Waals surface area contributed by atoms with Gasteiger partial charge in [0.1, 0.15) is 5.82 Å². The highest BCUT2D eigenvalue weighted by Crippen LogP contribution is 2.20. The van der Waals surface area contributed by atoms with Gasteiger partial charge in [-0.05, 0) is 38.1 Å². The van der Waals surface area contributed by atoms with E-state index in [0.29, 0.717) is 17.3 Å². The van der Waals surface area contributed by atoms with E-state index in [4.69, 9.17) is 5.73 Å². The van der Waals surface area contributed by atoms with E-state index >= 15 is 0 Å². The summed E-state index contributed by atoms with van der Waals surface area (Å²) in [5.41, 5.74) is 7.30. The Morgan fingerprint density at radius 2 is 1.95 bits per heavy atom. The highest BCUT2D eigenvalue weighted by atomic mass is 16.1. The van der Waals surface area contributed by atoms with Gasteiger partial charge in [-0.15, -0.1) is 0 Å². The molecule has 0 atom stereocenters. The van der Waals surface area contributed by atoms with E-state index < -0.39 is 5.91 Å². The molecule has 0 aromatic carbocycles. The number of aromatic nitrogens is 2. The molecule has 2 aromatic heterocycles. The van der Waals surface area contributed by atoms with Crippen LogP contribution in [-0.4, -0.2) is 21.9 Å². The number of pyridine rings is 2. The number of nitrogens with zero attached hydrogens (tertiary/aromatic N) is 2. The lowest BCUT2D eigenvalue weighted by Crippen LogP contribution is -2.11. The first kappa shape index (κ1) is 13.0. The number of hydrogen-bond acceptors (Lipinski definition) is 4. The first-order valence-electron chi connectivity index (χ1n) is 6.05. The van der Waals surface area contributed by atoms with E-state index in [1.54, 1.807) is 24.5 Å². The van der Waals surface area contributed by atoms with E-state index in [9.17, 15) is 4.79 Å². The minimum Gasteiger partial charge on any atom is -0.368 e. The van der Waals surface area contributed by atoms with E-state index in [1.165, 1.54) is 0 Å². The Balaban J connectivity index is 2.36. The van der Waals surface area contributed by atoms with Gasteiger partial charge in [0.2, 0.25) is 5.91 Å². The van der Waals surface area contributed by atoms with Gasteiger partial charge in [-0.3, -0.25) is 9.78 Å². The van der Waals surface area contributed by atoms with Gasteiger partial charge in [0, 0.05) is 29.6 Å². The van der Waals surface area contributed by atoms with Crippen molar-refractivity contribution >= 4 is 11.7 Å². The van der Waals surface area contributed by atoms with Crippen molar-refractivity contribution in [1.82, 2.24) is 9.97 Å². The second kappa shape index (κ2) is 5.48. The maximum Gasteiger partial charge on any atom is 0.248 e. The lowest BCUT2D eigenvalue weighted by Gasteiger charge is -2.10. The standard InChI is InChI=1S/C14H16N4O/c1-9(2)18-13-8-10(3-6-17-13)12-7-11(14(15)19)4-5-16-12/h3-9H,1-2H3,(H2,15,19)(H,17,18). The Labute approximate surface area is 111 Å². The molecule has 2 heterocycles. The summed E-state index contributed by atoms with van der Waals surface area (Å²) in [5.74, 6) is 0.317. The topological polar surface area (TPSA) is 80.9 Å². The molecule has 0 radical (unpaired) electrons. The SMILES string of the molecule is CC(C)Nc1cc(-c2cc(C(N)=O)ccn2)ccn1. The number of rotatable bonds is 4. The van der Waals surface area contributed by atoms with Gasteiger partial charge in [0.05, 0.1) is 5.69 Å². The molecular weight excluding hydrogens is 240 g/mol. The summed E-state index contributed by atoms with van der Waals surface area (Å²) in [5, 5.41) is 3.22. The van der Waals surface area contributed by atoms with Crippen LogP contribution in [0.25, 0.3) is 11.3 Å². The Morgan fingerprint density at radius 1 is 1.21 bits per heavy atom. The third-order valence-electron chi connectivity index (χ3n) is 2.54. The van der Waals surface area contributed by atoms with E-state index in [0.717, 1.165) is 11.4 Å². The monoisotopic (exact) mass is 256 g/mol. The molecule has 0 saturated carbocycles. The smallest absolute Gasteiger partial charge is 0.248 e. The predicted octanol–water partition coefficient (Wildman–Crippen LogP) is 2.06. The average Bonchev–Trinajstić information content (AvgIpc) is 2.38. The number of nitrogens with one attached hydrogen (secondary N) is 1. The summed E-state index contributed by atoms with van der Waals surface area (Å²) in [6.45, 7) is 4.08. The van der Waals surface area contributed by atoms with Crippen LogP contribution in [0.15, 0.2) is 36.7 Å². The number of anilines is 1. The summed E-state index contributed by atoms with van der Waals surface area (Å²) >= 11 is 0. The minimum absolute atomic E-state index is 0.299. The third-order valence-corrected chi connectivity index (χ3v) is 2.54. The Hall–Kier alpha value is -2.43. The molecule has 1 amide bonds. The van der Waals surface area contributed by atoms with Crippen molar-refractivity contribution in [2.45, 2.75) is 19.9 Å². The molecule has 3 N–H and O–H groups in total. The number of carbonyl (C=O) groups excluding carboxylic acids is 1. The van der Waals surface area contributed by atoms with Gasteiger partial charge in [0.25, 0.3) is 0 Å². The number of nitrogens with two attached hydrogens (primary N) is 1. The molecule has 0 unspecified atom stereocenters. The normalized spacial score (nSPS) is 10.5. The summed E-state index contributed by atoms with van der Waals surface area (Å²) < 4.78 is 0. The number of hydrogen-bond donors (Lipinski definition) is 2. The Morgan fingerprint density at radius 3 is 2.63 bits per heavy atom. The van der Waals surface area contributed by atoms with Gasteiger partial charge in [-0.2, -0.15) is 0 Å². The first-order chi connectivity index (χ1) is 9.06. The van der Waals surface area contributed by atoms with Crippen molar-refractivity contribution in [3.05, 3.63) is 42.2 Å². The van der Waals surface area contributed by atoms with E-state index in [-0.39, 0.29) is 0 Å². The quantitative estimate of drug-likeness (QED) is 0.877. The second-order valence-electron chi connectivity index (χ2n) is 4.52. The summed E-state index contributed by atoms with van der Waals surface area (Å²) in [4.78, 5) is 19.6. The van der Waals surface area contributed by atoms with Gasteiger partial charge in [0.15, 0.2) is 0 Å². The minimum atomic E-state index is -0.460. The summed E-state index contributed by atoms with van der Waals surface area (Å²) in [6, 6.07) is 7.32. The van der Waals surface area contributed by atoms with Gasteiger partial charge >= 0.3 is 0 Å². The predicted molar refractivity (Wildman–Crippen MR) is 74.7 cm³/mol. The fourth-order valence-electron chi connectivity index (χ4n) is 1.71. The molecular formula is C14H16N4O. The fraction of sp³-hybridized carbons (Fsp3) is 0.214. The van der Waals surface area contributed by atoms with Crippen molar-refractivity contribution in [1.29, 1.82) is 0 Å². The molecule has 0 spiro atoms. The van der Waals surface area contributed by atoms with Crippen LogP contribution < -0.4 is 11.1 Å². The van der Waals surface area contributed by atoms with Crippen LogP contribution in [0.4, 0.5) is 5.82 Å². The maximum absolute atomic E-state index is 11.2. The number of primary amides is 1. The average molecular weight is 256 g/mol. The molecule has 2 aromatic rings. The van der Waals surface area contributed by atoms with Crippen molar-refractivity contribution in [2.24, 2.45) is 5.73 Å². The Kier molecular flexibility index (Phi) is 3.75. The molecule has 0 aliphatic heterocycles. The van der Waals surface area contributed by atoms with E-state index in [1.807, 2.05) is 26.0 Å². The van der Waals surface area contributed by atoms with Crippen molar-refractivity contribution in [2.75, 3.05) is 5.32 Å². The van der Waals surface area contributed by atoms with E-state index in [2.05, 4.69) is 15.3 Å². The summed E-state index contributed by atoms with van der Waals surface area (Å²) in [7, 11) is 0. The third kappa shape index (κ3) is 3.28. The second-order valence-corrected chi connectivity index (χ2v) is 4.52. The number of carbonyl (C=O) groups is 1. The van der Waals surface area contributed by atoms with Crippen molar-refractivity contribution in [3.63, 3.8) is 0 Å². The van der Waals surface area contributed by atoms with Crippen molar-refractivity contribution < 1.29 is 4.79 Å². The highest BCUT2D eigenvalue weighted by molar-refractivity contribution is 5.93. The van der Waals surface area contributed by atoms with Crippen LogP contribution in [0.5, 0.6) is 0 Å². The summed E-state index contributed by atoms with van der Waals surface area (Å²) in [6.07, 6.45) is 3.28. The molecule has 5 nitrogen and oxygen atoms in total. The zero-order chi connectivity index (χ0) is 13.8. The van der Waals surface area contributed by atoms with Crippen LogP contribution >= 0.6 is 0 Å². The fourth-order valence-corrected chi connectivity index (χ4v) is 1.71. The molecule has 0 fully saturated rings. The lowest BCUT2D eigenvalue weighted by molar-refractivity contribution is 0.1000. The Bertz CT molecular complexity index is 596. The van der Waals surface area contributed by atoms with Crippen molar-refractivity contribution in [3.8, 4) is 11.3 Å². The zero-order valence-electron chi connectivity index (χ0n) is 10.9. The molecule has 19 heavy (non-hydrogen) atoms. The van der Waals surface area contributed by atoms with Gasteiger partial charge in [-0.1, -0.05) is 0 Å². The highest BCUT2D eigenvalue weighted by Gasteiger charge is 2.06. The van der Waals surface area contributed by atoms with Gasteiger partial charge < -0.3 is 11.1 Å². The van der Waals surface area contributed by atoms with Gasteiger partial charge in [-0.25, -0.2) is 4.98 Å². The molecule has 0 aliphatic rings. The molecule has 98 valence electrons. The van der Waals surface area contributed by atoms with Crippen LogP contribution in [0.3, 0.4) is 0 Å². The molecule has 2 rings (SSSR count). The number of amides is 1. The van der Waals surface area contributed by atoms with Crippen LogP contribution in [0, 0.1) is 0 Å². The maximum atomic E-state index is 11.2. The lowest BCUT2D eigenvalue weighted by atomic mass is 10.1. The van der Waals surface area contributed by atoms with Crippen LogP contribution in [0.1, 0.15) is 24.2 Å². The molecule has 0 bridgehead atoms. The molecule has 0 saturated heterocycles. The van der Waals surface area contributed by atoms with Crippen LogP contribution in [-0.2, 0) is 0 Å².